The highest BCUT2D eigenvalue weighted by molar-refractivity contribution is 7.19. The molecule has 1 aromatic carbocycles. The lowest BCUT2D eigenvalue weighted by atomic mass is 10.1. The zero-order chi connectivity index (χ0) is 33.2. The lowest BCUT2D eigenvalue weighted by Gasteiger charge is -2.14. The first-order valence-electron chi connectivity index (χ1n) is 19.1. The van der Waals surface area contributed by atoms with E-state index in [0.717, 1.165) is 50.4 Å². The van der Waals surface area contributed by atoms with Crippen molar-refractivity contribution in [2.24, 2.45) is 0 Å². The molecule has 0 unspecified atom stereocenters. The molecule has 4 heterocycles. The van der Waals surface area contributed by atoms with Gasteiger partial charge in [0.15, 0.2) is 0 Å². The minimum absolute atomic E-state index is 0.761. The van der Waals surface area contributed by atoms with Gasteiger partial charge < -0.3 is 9.47 Å². The van der Waals surface area contributed by atoms with Crippen molar-refractivity contribution in [1.82, 2.24) is 0 Å². The summed E-state index contributed by atoms with van der Waals surface area (Å²) in [6.45, 7) is 6.10. The van der Waals surface area contributed by atoms with Gasteiger partial charge in [-0.25, -0.2) is 0 Å². The van der Waals surface area contributed by atoms with Gasteiger partial charge in [0.2, 0.25) is 0 Å². The third kappa shape index (κ3) is 11.6. The molecule has 0 N–H and O–H groups in total. The summed E-state index contributed by atoms with van der Waals surface area (Å²) < 4.78 is 15.5. The van der Waals surface area contributed by atoms with Gasteiger partial charge in [-0.05, 0) is 111 Å². The molecule has 48 heavy (non-hydrogen) atoms. The second kappa shape index (κ2) is 21.4. The Balaban J connectivity index is 1.03. The second-order valence-electron chi connectivity index (χ2n) is 13.4. The summed E-state index contributed by atoms with van der Waals surface area (Å²) in [7, 11) is 0. The molecule has 0 atom stereocenters. The minimum Gasteiger partial charge on any atom is -0.491 e. The first-order valence-corrected chi connectivity index (χ1v) is 22.5. The van der Waals surface area contributed by atoms with Crippen LogP contribution in [-0.2, 0) is 25.7 Å². The number of unbranched alkanes of at least 4 members (excludes halogenated alkanes) is 12. The summed E-state index contributed by atoms with van der Waals surface area (Å²) in [5.74, 6) is 2.10. The molecule has 5 aromatic rings. The highest BCUT2D eigenvalue weighted by atomic mass is 32.1. The maximum atomic E-state index is 6.55. The zero-order valence-corrected chi connectivity index (χ0v) is 32.9. The van der Waals surface area contributed by atoms with Crippen molar-refractivity contribution < 1.29 is 9.47 Å². The topological polar surface area (TPSA) is 18.5 Å². The Kier molecular flexibility index (Phi) is 16.7. The van der Waals surface area contributed by atoms with E-state index in [1.54, 1.807) is 32.4 Å². The van der Waals surface area contributed by atoms with Crippen molar-refractivity contribution in [3.8, 4) is 11.5 Å². The van der Waals surface area contributed by atoms with E-state index in [-0.39, 0.29) is 0 Å². The third-order valence-electron chi connectivity index (χ3n) is 9.35. The Labute approximate surface area is 306 Å². The smallest absolute Gasteiger partial charge is 0.146 e. The number of thiophene rings is 4. The molecule has 262 valence electrons. The average Bonchev–Trinajstić information content (AvgIpc) is 3.93. The Morgan fingerprint density at radius 1 is 0.417 bits per heavy atom. The molecule has 0 radical (unpaired) electrons. The molecule has 6 heteroatoms. The van der Waals surface area contributed by atoms with Gasteiger partial charge in [-0.15, -0.1) is 45.3 Å². The SMILES string of the molecule is CCCCCCCCc1ccc(CCCCOc2c3ccsc3c(OCCCCc3ccc(CCCCCCCC)s3)c3ccsc23)s1. The maximum absolute atomic E-state index is 6.55. The number of fused-ring (bicyclic) bond motifs is 2. The highest BCUT2D eigenvalue weighted by Crippen LogP contribution is 2.47. The normalized spacial score (nSPS) is 11.7. The van der Waals surface area contributed by atoms with Gasteiger partial charge >= 0.3 is 0 Å². The fourth-order valence-corrected chi connectivity index (χ4v) is 10.6. The van der Waals surface area contributed by atoms with E-state index in [4.69, 9.17) is 9.47 Å². The van der Waals surface area contributed by atoms with Gasteiger partial charge in [-0.3, -0.25) is 0 Å². The molecule has 5 rings (SSSR count). The Morgan fingerprint density at radius 2 is 0.771 bits per heavy atom. The number of ether oxygens (including phenoxy) is 2. The van der Waals surface area contributed by atoms with E-state index in [0.29, 0.717) is 0 Å². The molecular formula is C42H58O2S4. The number of aryl methyl sites for hydroxylation is 4. The molecule has 0 aliphatic rings. The van der Waals surface area contributed by atoms with E-state index in [2.05, 4.69) is 61.0 Å². The average molecular weight is 723 g/mol. The second-order valence-corrected chi connectivity index (χ2v) is 17.7. The van der Waals surface area contributed by atoms with E-state index in [1.165, 1.54) is 133 Å². The lowest BCUT2D eigenvalue weighted by Crippen LogP contribution is -2.01. The van der Waals surface area contributed by atoms with E-state index < -0.39 is 0 Å². The van der Waals surface area contributed by atoms with Gasteiger partial charge in [-0.2, -0.15) is 0 Å². The summed E-state index contributed by atoms with van der Waals surface area (Å²) in [5, 5.41) is 6.79. The van der Waals surface area contributed by atoms with Gasteiger partial charge in [0.1, 0.15) is 11.5 Å². The van der Waals surface area contributed by atoms with Gasteiger partial charge in [-0.1, -0.05) is 78.1 Å². The van der Waals surface area contributed by atoms with Crippen LogP contribution in [0, 0.1) is 0 Å². The van der Waals surface area contributed by atoms with Crippen LogP contribution in [-0.4, -0.2) is 13.2 Å². The van der Waals surface area contributed by atoms with Crippen molar-refractivity contribution in [3.05, 3.63) is 66.7 Å². The minimum atomic E-state index is 0.761. The van der Waals surface area contributed by atoms with Crippen molar-refractivity contribution in [2.75, 3.05) is 13.2 Å². The highest BCUT2D eigenvalue weighted by Gasteiger charge is 2.18. The Bertz CT molecular complexity index is 1420. The molecule has 0 fully saturated rings. The largest absolute Gasteiger partial charge is 0.491 e. The monoisotopic (exact) mass is 722 g/mol. The Morgan fingerprint density at radius 3 is 1.17 bits per heavy atom. The fourth-order valence-electron chi connectivity index (χ4n) is 6.55. The summed E-state index contributed by atoms with van der Waals surface area (Å²) in [6.07, 6.45) is 25.8. The molecular weight excluding hydrogens is 665 g/mol. The van der Waals surface area contributed by atoms with Crippen LogP contribution in [0.4, 0.5) is 0 Å². The van der Waals surface area contributed by atoms with Gasteiger partial charge in [0.05, 0.1) is 22.6 Å². The molecule has 0 amide bonds. The molecule has 0 saturated carbocycles. The van der Waals surface area contributed by atoms with E-state index >= 15 is 0 Å². The van der Waals surface area contributed by atoms with Crippen molar-refractivity contribution in [3.63, 3.8) is 0 Å². The van der Waals surface area contributed by atoms with Crippen LogP contribution in [0.25, 0.3) is 20.2 Å². The first-order chi connectivity index (χ1) is 23.8. The molecule has 0 spiro atoms. The number of rotatable bonds is 26. The molecule has 0 aliphatic heterocycles. The summed E-state index contributed by atoms with van der Waals surface area (Å²) in [4.78, 5) is 6.19. The van der Waals surface area contributed by atoms with Crippen LogP contribution < -0.4 is 9.47 Å². The van der Waals surface area contributed by atoms with Crippen molar-refractivity contribution >= 4 is 65.5 Å². The van der Waals surface area contributed by atoms with Crippen LogP contribution >= 0.6 is 45.3 Å². The molecule has 0 bridgehead atoms. The number of hydrogen-bond donors (Lipinski definition) is 0. The molecule has 0 saturated heterocycles. The Hall–Kier alpha value is -1.86. The fraction of sp³-hybridized carbons (Fsp3) is 0.571. The predicted octanol–water partition coefficient (Wildman–Crippen LogP) is 14.8. The van der Waals surface area contributed by atoms with Crippen LogP contribution in [0.3, 0.4) is 0 Å². The molecule has 0 aliphatic carbocycles. The van der Waals surface area contributed by atoms with Crippen LogP contribution in [0.1, 0.15) is 136 Å². The van der Waals surface area contributed by atoms with Crippen molar-refractivity contribution in [2.45, 2.75) is 142 Å². The van der Waals surface area contributed by atoms with Crippen LogP contribution in [0.2, 0.25) is 0 Å². The van der Waals surface area contributed by atoms with Crippen LogP contribution in [0.15, 0.2) is 47.2 Å². The van der Waals surface area contributed by atoms with E-state index in [1.807, 2.05) is 22.7 Å². The third-order valence-corrected chi connectivity index (χ3v) is 13.6. The molecule has 4 aromatic heterocycles. The van der Waals surface area contributed by atoms with Gasteiger partial charge in [0, 0.05) is 30.3 Å². The zero-order valence-electron chi connectivity index (χ0n) is 29.6. The quantitative estimate of drug-likeness (QED) is 0.0529. The number of benzene rings is 1. The van der Waals surface area contributed by atoms with E-state index in [9.17, 15) is 0 Å². The summed E-state index contributed by atoms with van der Waals surface area (Å²) >= 11 is 7.61. The first kappa shape index (κ1) is 37.4. The summed E-state index contributed by atoms with van der Waals surface area (Å²) in [6, 6.07) is 13.9. The molecule has 2 nitrogen and oxygen atoms in total. The number of hydrogen-bond acceptors (Lipinski definition) is 6. The standard InChI is InChI=1S/C42H58O2S4/c1-3-5-7-9-11-13-19-33-23-25-35(47-33)21-15-17-29-43-39-37-27-31-46-42(37)40(38-28-32-45-41(38)39)44-30-18-16-22-36-26-24-34(48-36)20-14-12-10-8-6-4-2/h23-28,31-32H,3-22,29-30H2,1-2H3. The maximum Gasteiger partial charge on any atom is 0.146 e. The lowest BCUT2D eigenvalue weighted by molar-refractivity contribution is 0.309. The van der Waals surface area contributed by atoms with Crippen LogP contribution in [0.5, 0.6) is 11.5 Å². The summed E-state index contributed by atoms with van der Waals surface area (Å²) in [5.41, 5.74) is 0. The predicted molar refractivity (Wildman–Crippen MR) is 217 cm³/mol. The van der Waals surface area contributed by atoms with Gasteiger partial charge in [0.25, 0.3) is 0 Å². The van der Waals surface area contributed by atoms with Crippen molar-refractivity contribution in [1.29, 1.82) is 0 Å².